The lowest BCUT2D eigenvalue weighted by atomic mass is 9.86. The van der Waals surface area contributed by atoms with Crippen LogP contribution in [0.15, 0.2) is 107 Å². The topological polar surface area (TPSA) is 92.8 Å². The second kappa shape index (κ2) is 13.5. The monoisotopic (exact) mass is 616 g/mol. The Morgan fingerprint density at radius 2 is 1.53 bits per heavy atom. The maximum absolute atomic E-state index is 13.9. The number of hydrogen-bond acceptors (Lipinski definition) is 6. The molecule has 224 valence electrons. The van der Waals surface area contributed by atoms with Gasteiger partial charge in [-0.15, -0.1) is 11.8 Å². The van der Waals surface area contributed by atoms with Gasteiger partial charge in [0.2, 0.25) is 5.91 Å². The first-order chi connectivity index (χ1) is 20.4. The van der Waals surface area contributed by atoms with E-state index in [0.717, 1.165) is 14.8 Å². The summed E-state index contributed by atoms with van der Waals surface area (Å²) in [5, 5.41) is 2.77. The van der Waals surface area contributed by atoms with Crippen molar-refractivity contribution in [3.8, 4) is 5.75 Å². The highest BCUT2D eigenvalue weighted by Crippen LogP contribution is 2.33. The molecule has 0 unspecified atom stereocenters. The third-order valence-corrected chi connectivity index (χ3v) is 9.31. The number of para-hydroxylation sites is 2. The van der Waals surface area contributed by atoms with E-state index in [1.807, 2.05) is 18.4 Å². The van der Waals surface area contributed by atoms with Crippen molar-refractivity contribution in [3.63, 3.8) is 0 Å². The van der Waals surface area contributed by atoms with Crippen LogP contribution in [0.1, 0.15) is 49.2 Å². The number of hydrogen-bond donors (Lipinski definition) is 1. The molecule has 4 rings (SSSR count). The minimum Gasteiger partial charge on any atom is -0.492 e. The van der Waals surface area contributed by atoms with Crippen molar-refractivity contribution in [2.45, 2.75) is 42.9 Å². The van der Waals surface area contributed by atoms with Crippen molar-refractivity contribution in [2.75, 3.05) is 29.0 Å². The van der Waals surface area contributed by atoms with Crippen LogP contribution in [-0.4, -0.2) is 39.5 Å². The second-order valence-electron chi connectivity index (χ2n) is 10.9. The van der Waals surface area contributed by atoms with Crippen molar-refractivity contribution in [1.29, 1.82) is 0 Å². The highest BCUT2D eigenvalue weighted by molar-refractivity contribution is 7.98. The number of nitrogens with one attached hydrogen (secondary N) is 1. The van der Waals surface area contributed by atoms with Crippen molar-refractivity contribution < 1.29 is 22.7 Å². The first-order valence-corrected chi connectivity index (χ1v) is 16.5. The molecule has 43 heavy (non-hydrogen) atoms. The van der Waals surface area contributed by atoms with Gasteiger partial charge < -0.3 is 10.1 Å². The maximum atomic E-state index is 13.9. The number of rotatable bonds is 11. The maximum Gasteiger partial charge on any atom is 0.264 e. The van der Waals surface area contributed by atoms with Gasteiger partial charge in [-0.05, 0) is 72.7 Å². The average molecular weight is 617 g/mol. The molecule has 0 radical (unpaired) electrons. The van der Waals surface area contributed by atoms with Gasteiger partial charge in [-0.2, -0.15) is 0 Å². The summed E-state index contributed by atoms with van der Waals surface area (Å²) < 4.78 is 34.6. The number of nitrogens with zero attached hydrogens (tertiary/aromatic N) is 1. The predicted octanol–water partition coefficient (Wildman–Crippen LogP) is 7.17. The van der Waals surface area contributed by atoms with Crippen LogP contribution in [0.5, 0.6) is 5.75 Å². The Bertz CT molecular complexity index is 1690. The first-order valence-electron chi connectivity index (χ1n) is 13.9. The Labute approximate surface area is 258 Å². The average Bonchev–Trinajstić information content (AvgIpc) is 3.00. The summed E-state index contributed by atoms with van der Waals surface area (Å²) in [6, 6.07) is 27.3. The Morgan fingerprint density at radius 3 is 2.16 bits per heavy atom. The molecule has 0 aliphatic rings. The van der Waals surface area contributed by atoms with Gasteiger partial charge in [-0.1, -0.05) is 69.3 Å². The van der Waals surface area contributed by atoms with Gasteiger partial charge >= 0.3 is 0 Å². The van der Waals surface area contributed by atoms with E-state index < -0.39 is 22.5 Å². The van der Waals surface area contributed by atoms with Gasteiger partial charge in [-0.3, -0.25) is 13.9 Å². The normalized spacial score (nSPS) is 11.6. The van der Waals surface area contributed by atoms with E-state index in [1.165, 1.54) is 23.9 Å². The Morgan fingerprint density at radius 1 is 0.860 bits per heavy atom. The Balaban J connectivity index is 1.60. The van der Waals surface area contributed by atoms with E-state index >= 15 is 0 Å². The lowest BCUT2D eigenvalue weighted by Gasteiger charge is -2.26. The van der Waals surface area contributed by atoms with Crippen LogP contribution in [0.25, 0.3) is 0 Å². The lowest BCUT2D eigenvalue weighted by Crippen LogP contribution is -2.38. The summed E-state index contributed by atoms with van der Waals surface area (Å²) in [7, 11) is -4.15. The SMILES string of the molecule is CCOc1ccccc1N(CC(=O)Nc1cccc(C(=O)c2ccc(C(C)(C)C)cc2)c1)S(=O)(=O)c1ccc(SC)cc1. The minimum absolute atomic E-state index is 0.0334. The number of amides is 1. The van der Waals surface area contributed by atoms with Crippen LogP contribution in [-0.2, 0) is 20.2 Å². The number of carbonyl (C=O) groups excluding carboxylic acids is 2. The van der Waals surface area contributed by atoms with Gasteiger partial charge in [0, 0.05) is 21.7 Å². The number of carbonyl (C=O) groups is 2. The number of anilines is 2. The van der Waals surface area contributed by atoms with E-state index in [-0.39, 0.29) is 21.8 Å². The van der Waals surface area contributed by atoms with Gasteiger partial charge in [0.15, 0.2) is 5.78 Å². The molecule has 7 nitrogen and oxygen atoms in total. The van der Waals surface area contributed by atoms with Crippen molar-refractivity contribution >= 4 is 44.9 Å². The second-order valence-corrected chi connectivity index (χ2v) is 13.6. The van der Waals surface area contributed by atoms with Crippen molar-refractivity contribution in [2.24, 2.45) is 0 Å². The van der Waals surface area contributed by atoms with E-state index in [1.54, 1.807) is 79.7 Å². The van der Waals surface area contributed by atoms with E-state index in [4.69, 9.17) is 4.74 Å². The summed E-state index contributed by atoms with van der Waals surface area (Å²) in [6.45, 7) is 7.94. The smallest absolute Gasteiger partial charge is 0.264 e. The number of sulfonamides is 1. The van der Waals surface area contributed by atoms with E-state index in [9.17, 15) is 18.0 Å². The van der Waals surface area contributed by atoms with Crippen LogP contribution in [0, 0.1) is 0 Å². The summed E-state index contributed by atoms with van der Waals surface area (Å²) in [5.41, 5.74) is 2.65. The van der Waals surface area contributed by atoms with Gasteiger partial charge in [0.1, 0.15) is 12.3 Å². The molecular formula is C34H36N2O5S2. The third-order valence-electron chi connectivity index (χ3n) is 6.79. The molecule has 0 aliphatic carbocycles. The molecule has 0 bridgehead atoms. The van der Waals surface area contributed by atoms with E-state index in [0.29, 0.717) is 29.2 Å². The van der Waals surface area contributed by atoms with Crippen molar-refractivity contribution in [1.82, 2.24) is 0 Å². The Kier molecular flexibility index (Phi) is 9.98. The summed E-state index contributed by atoms with van der Waals surface area (Å²) >= 11 is 1.50. The van der Waals surface area contributed by atoms with Crippen LogP contribution in [0.3, 0.4) is 0 Å². The summed E-state index contributed by atoms with van der Waals surface area (Å²) in [4.78, 5) is 27.6. The molecule has 0 spiro atoms. The van der Waals surface area contributed by atoms with Gasteiger partial charge in [0.25, 0.3) is 10.0 Å². The van der Waals surface area contributed by atoms with Gasteiger partial charge in [-0.25, -0.2) is 8.42 Å². The lowest BCUT2D eigenvalue weighted by molar-refractivity contribution is -0.114. The highest BCUT2D eigenvalue weighted by atomic mass is 32.2. The number of thioether (sulfide) groups is 1. The third kappa shape index (κ3) is 7.66. The number of ketones is 1. The standard InChI is InChI=1S/C34H36N2O5S2/c1-6-41-31-13-8-7-12-30(31)36(43(39,40)29-20-18-28(42-5)19-21-29)23-32(37)35-27-11-9-10-25(22-27)33(38)24-14-16-26(17-15-24)34(2,3)4/h7-22H,6,23H2,1-5H3,(H,35,37). The largest absolute Gasteiger partial charge is 0.492 e. The zero-order chi connectivity index (χ0) is 31.2. The number of benzene rings is 4. The summed E-state index contributed by atoms with van der Waals surface area (Å²) in [6.07, 6.45) is 1.91. The molecule has 0 aromatic heterocycles. The minimum atomic E-state index is -4.15. The molecule has 1 N–H and O–H groups in total. The molecule has 1 amide bonds. The number of ether oxygens (including phenoxy) is 1. The molecule has 0 atom stereocenters. The van der Waals surface area contributed by atoms with Crippen LogP contribution in [0.2, 0.25) is 0 Å². The molecule has 0 heterocycles. The quantitative estimate of drug-likeness (QED) is 0.142. The molecule has 0 aliphatic heterocycles. The Hall–Kier alpha value is -4.08. The molecule has 4 aromatic rings. The molecule has 0 saturated heterocycles. The molecule has 4 aromatic carbocycles. The van der Waals surface area contributed by atoms with Crippen LogP contribution in [0.4, 0.5) is 11.4 Å². The first kappa shape index (κ1) is 31.8. The zero-order valence-electron chi connectivity index (χ0n) is 25.0. The highest BCUT2D eigenvalue weighted by Gasteiger charge is 2.29. The fourth-order valence-corrected chi connectivity index (χ4v) is 6.31. The molecule has 0 fully saturated rings. The molecule has 9 heteroatoms. The fourth-order valence-electron chi connectivity index (χ4n) is 4.47. The predicted molar refractivity (Wildman–Crippen MR) is 174 cm³/mol. The summed E-state index contributed by atoms with van der Waals surface area (Å²) in [5.74, 6) is -0.415. The van der Waals surface area contributed by atoms with Crippen molar-refractivity contribution in [3.05, 3.63) is 114 Å². The fraction of sp³-hybridized carbons (Fsp3) is 0.235. The van der Waals surface area contributed by atoms with E-state index in [2.05, 4.69) is 26.1 Å². The van der Waals surface area contributed by atoms with Gasteiger partial charge in [0.05, 0.1) is 17.2 Å². The zero-order valence-corrected chi connectivity index (χ0v) is 26.6. The molecular weight excluding hydrogens is 581 g/mol. The van der Waals surface area contributed by atoms with Crippen LogP contribution >= 0.6 is 11.8 Å². The molecule has 0 saturated carbocycles. The van der Waals surface area contributed by atoms with Crippen LogP contribution < -0.4 is 14.4 Å².